The number of benzene rings is 1. The van der Waals surface area contributed by atoms with Crippen molar-refractivity contribution in [1.29, 1.82) is 0 Å². The molecule has 1 saturated heterocycles. The van der Waals surface area contributed by atoms with E-state index in [0.29, 0.717) is 44.0 Å². The summed E-state index contributed by atoms with van der Waals surface area (Å²) in [6, 6.07) is 7.11. The lowest BCUT2D eigenvalue weighted by molar-refractivity contribution is -0.133. The van der Waals surface area contributed by atoms with Gasteiger partial charge in [0.05, 0.1) is 12.1 Å². The van der Waals surface area contributed by atoms with Gasteiger partial charge in [0.25, 0.3) is 5.91 Å². The van der Waals surface area contributed by atoms with Crippen LogP contribution in [0.1, 0.15) is 24.2 Å². The minimum absolute atomic E-state index is 0. The molecule has 0 aromatic heterocycles. The van der Waals surface area contributed by atoms with Gasteiger partial charge in [-0.3, -0.25) is 14.5 Å². The van der Waals surface area contributed by atoms with E-state index in [2.05, 4.69) is 18.7 Å². The normalized spacial score (nSPS) is 13.9. The van der Waals surface area contributed by atoms with Crippen molar-refractivity contribution >= 4 is 42.3 Å². The fourth-order valence-corrected chi connectivity index (χ4v) is 2.76. The highest BCUT2D eigenvalue weighted by molar-refractivity contribution is 5.99. The van der Waals surface area contributed by atoms with Gasteiger partial charge in [0, 0.05) is 31.9 Å². The average molecular weight is 391 g/mol. The summed E-state index contributed by atoms with van der Waals surface area (Å²) in [7, 11) is 0. The molecule has 1 heterocycles. The van der Waals surface area contributed by atoms with Gasteiger partial charge in [-0.25, -0.2) is 0 Å². The van der Waals surface area contributed by atoms with Gasteiger partial charge in [-0.15, -0.1) is 24.8 Å². The zero-order valence-corrected chi connectivity index (χ0v) is 16.4. The Kier molecular flexibility index (Phi) is 10.5. The van der Waals surface area contributed by atoms with Gasteiger partial charge in [0.2, 0.25) is 5.91 Å². The molecular formula is C17H28Cl2N4O2. The van der Waals surface area contributed by atoms with E-state index < -0.39 is 0 Å². The number of hydrogen-bond acceptors (Lipinski definition) is 4. The quantitative estimate of drug-likeness (QED) is 0.777. The number of para-hydroxylation sites is 1. The van der Waals surface area contributed by atoms with E-state index in [1.165, 1.54) is 0 Å². The second kappa shape index (κ2) is 11.2. The van der Waals surface area contributed by atoms with Crippen molar-refractivity contribution in [2.75, 3.05) is 51.5 Å². The first-order chi connectivity index (χ1) is 11.1. The third-order valence-corrected chi connectivity index (χ3v) is 4.36. The molecule has 1 aromatic rings. The van der Waals surface area contributed by atoms with Crippen LogP contribution in [0, 0.1) is 0 Å². The van der Waals surface area contributed by atoms with Crippen LogP contribution < -0.4 is 5.73 Å². The van der Waals surface area contributed by atoms with Gasteiger partial charge >= 0.3 is 0 Å². The van der Waals surface area contributed by atoms with Crippen molar-refractivity contribution in [1.82, 2.24) is 14.7 Å². The summed E-state index contributed by atoms with van der Waals surface area (Å²) in [5.41, 5.74) is 6.91. The van der Waals surface area contributed by atoms with Crippen LogP contribution in [0.15, 0.2) is 24.3 Å². The minimum Gasteiger partial charge on any atom is -0.398 e. The number of amides is 2. The Balaban J connectivity index is 0.00000288. The van der Waals surface area contributed by atoms with E-state index in [4.69, 9.17) is 5.73 Å². The summed E-state index contributed by atoms with van der Waals surface area (Å²) in [6.07, 6.45) is 0. The lowest BCUT2D eigenvalue weighted by Gasteiger charge is -2.35. The van der Waals surface area contributed by atoms with E-state index in [0.717, 1.165) is 13.1 Å². The Morgan fingerprint density at radius 2 is 1.52 bits per heavy atom. The Labute approximate surface area is 162 Å². The number of likely N-dealkylation sites (N-methyl/N-ethyl adjacent to an activating group) is 1. The molecule has 1 aromatic carbocycles. The number of carbonyl (C=O) groups is 2. The number of piperazine rings is 1. The Morgan fingerprint density at radius 1 is 1.00 bits per heavy atom. The number of nitrogens with two attached hydrogens (primary N) is 1. The van der Waals surface area contributed by atoms with Gasteiger partial charge in [-0.1, -0.05) is 26.0 Å². The second-order valence-electron chi connectivity index (χ2n) is 5.72. The standard InChI is InChI=1S/C17H26N4O2.2ClH/c1-3-19(4-2)13-16(22)20-9-11-21(12-10-20)17(23)14-7-5-6-8-15(14)18;;/h5-8H,3-4,9-13,18H2,1-2H3;2*1H. The summed E-state index contributed by atoms with van der Waals surface area (Å²) in [6.45, 7) is 8.56. The maximum absolute atomic E-state index is 12.5. The minimum atomic E-state index is -0.0565. The van der Waals surface area contributed by atoms with Crippen molar-refractivity contribution in [2.45, 2.75) is 13.8 Å². The van der Waals surface area contributed by atoms with E-state index in [1.54, 1.807) is 17.0 Å². The molecule has 0 aliphatic carbocycles. The molecular weight excluding hydrogens is 363 g/mol. The number of halogens is 2. The number of nitrogens with zero attached hydrogens (tertiary/aromatic N) is 3. The maximum Gasteiger partial charge on any atom is 0.256 e. The highest BCUT2D eigenvalue weighted by Gasteiger charge is 2.26. The van der Waals surface area contributed by atoms with Gasteiger partial charge < -0.3 is 15.5 Å². The molecule has 142 valence electrons. The lowest BCUT2D eigenvalue weighted by Crippen LogP contribution is -2.52. The van der Waals surface area contributed by atoms with Crippen molar-refractivity contribution in [3.63, 3.8) is 0 Å². The molecule has 0 unspecified atom stereocenters. The summed E-state index contributed by atoms with van der Waals surface area (Å²) in [4.78, 5) is 30.5. The van der Waals surface area contributed by atoms with E-state index >= 15 is 0 Å². The summed E-state index contributed by atoms with van der Waals surface area (Å²) < 4.78 is 0. The van der Waals surface area contributed by atoms with E-state index in [9.17, 15) is 9.59 Å². The number of carbonyl (C=O) groups excluding carboxylic acids is 2. The number of anilines is 1. The highest BCUT2D eigenvalue weighted by Crippen LogP contribution is 2.15. The van der Waals surface area contributed by atoms with Crippen LogP contribution in [-0.4, -0.2) is 72.3 Å². The average Bonchev–Trinajstić information content (AvgIpc) is 2.59. The molecule has 2 N–H and O–H groups in total. The molecule has 2 amide bonds. The van der Waals surface area contributed by atoms with Crippen LogP contribution in [0.25, 0.3) is 0 Å². The molecule has 1 aliphatic rings. The largest absolute Gasteiger partial charge is 0.398 e. The molecule has 6 nitrogen and oxygen atoms in total. The molecule has 1 aliphatic heterocycles. The lowest BCUT2D eigenvalue weighted by atomic mass is 10.1. The molecule has 0 saturated carbocycles. The van der Waals surface area contributed by atoms with Crippen LogP contribution in [0.5, 0.6) is 0 Å². The van der Waals surface area contributed by atoms with Crippen LogP contribution >= 0.6 is 24.8 Å². The third kappa shape index (κ3) is 6.06. The van der Waals surface area contributed by atoms with Gasteiger partial charge in [-0.05, 0) is 25.2 Å². The molecule has 2 rings (SSSR count). The smallest absolute Gasteiger partial charge is 0.256 e. The zero-order chi connectivity index (χ0) is 16.8. The van der Waals surface area contributed by atoms with Crippen molar-refractivity contribution < 1.29 is 9.59 Å². The van der Waals surface area contributed by atoms with Gasteiger partial charge in [0.1, 0.15) is 0 Å². The SMILES string of the molecule is CCN(CC)CC(=O)N1CCN(C(=O)c2ccccc2N)CC1.Cl.Cl. The molecule has 0 radical (unpaired) electrons. The van der Waals surface area contributed by atoms with Crippen LogP contribution in [0.2, 0.25) is 0 Å². The number of rotatable bonds is 5. The molecule has 25 heavy (non-hydrogen) atoms. The fraction of sp³-hybridized carbons (Fsp3) is 0.529. The predicted molar refractivity (Wildman–Crippen MR) is 106 cm³/mol. The monoisotopic (exact) mass is 390 g/mol. The first-order valence-electron chi connectivity index (χ1n) is 8.20. The van der Waals surface area contributed by atoms with Crippen molar-refractivity contribution in [3.05, 3.63) is 29.8 Å². The Hall–Kier alpha value is -1.50. The fourth-order valence-electron chi connectivity index (χ4n) is 2.76. The molecule has 0 spiro atoms. The zero-order valence-electron chi connectivity index (χ0n) is 14.8. The Bertz CT molecular complexity index is 559. The van der Waals surface area contributed by atoms with Gasteiger partial charge in [-0.2, -0.15) is 0 Å². The van der Waals surface area contributed by atoms with Crippen molar-refractivity contribution in [3.8, 4) is 0 Å². The van der Waals surface area contributed by atoms with E-state index in [1.807, 2.05) is 17.0 Å². The van der Waals surface area contributed by atoms with Crippen LogP contribution in [-0.2, 0) is 4.79 Å². The van der Waals surface area contributed by atoms with Crippen molar-refractivity contribution in [2.24, 2.45) is 0 Å². The first-order valence-corrected chi connectivity index (χ1v) is 8.20. The molecule has 8 heteroatoms. The third-order valence-electron chi connectivity index (χ3n) is 4.36. The summed E-state index contributed by atoms with van der Waals surface area (Å²) in [5, 5.41) is 0. The summed E-state index contributed by atoms with van der Waals surface area (Å²) in [5.74, 6) is 0.0824. The molecule has 0 bridgehead atoms. The predicted octanol–water partition coefficient (Wildman–Crippen LogP) is 1.74. The first kappa shape index (κ1) is 23.5. The molecule has 0 atom stereocenters. The number of nitrogen functional groups attached to an aromatic ring is 1. The number of hydrogen-bond donors (Lipinski definition) is 1. The highest BCUT2D eigenvalue weighted by atomic mass is 35.5. The van der Waals surface area contributed by atoms with Crippen LogP contribution in [0.4, 0.5) is 5.69 Å². The molecule has 1 fully saturated rings. The Morgan fingerprint density at radius 3 is 2.04 bits per heavy atom. The van der Waals surface area contributed by atoms with E-state index in [-0.39, 0.29) is 36.6 Å². The summed E-state index contributed by atoms with van der Waals surface area (Å²) >= 11 is 0. The second-order valence-corrected chi connectivity index (χ2v) is 5.72. The maximum atomic E-state index is 12.5. The topological polar surface area (TPSA) is 69.9 Å². The van der Waals surface area contributed by atoms with Gasteiger partial charge in [0.15, 0.2) is 0 Å². The van der Waals surface area contributed by atoms with Crippen LogP contribution in [0.3, 0.4) is 0 Å².